The second kappa shape index (κ2) is 9.15. The molecule has 3 N–H and O–H groups in total. The summed E-state index contributed by atoms with van der Waals surface area (Å²) in [4.78, 5) is 11.5. The lowest BCUT2D eigenvalue weighted by Crippen LogP contribution is -2.16. The average molecular weight is 358 g/mol. The van der Waals surface area contributed by atoms with E-state index in [1.807, 2.05) is 36.4 Å². The van der Waals surface area contributed by atoms with Crippen LogP contribution >= 0.6 is 0 Å². The zero-order valence-electron chi connectivity index (χ0n) is 15.2. The lowest BCUT2D eigenvalue weighted by atomic mass is 9.95. The minimum absolute atomic E-state index is 0.0212. The summed E-state index contributed by atoms with van der Waals surface area (Å²) in [7, 11) is 0. The van der Waals surface area contributed by atoms with Crippen LogP contribution in [0.15, 0.2) is 78.9 Å². The molecule has 3 rings (SSSR count). The molecule has 0 aliphatic heterocycles. The van der Waals surface area contributed by atoms with E-state index in [0.717, 1.165) is 12.0 Å². The molecule has 0 saturated carbocycles. The van der Waals surface area contributed by atoms with Gasteiger partial charge in [-0.1, -0.05) is 72.8 Å². The lowest BCUT2D eigenvalue weighted by Gasteiger charge is -2.12. The van der Waals surface area contributed by atoms with Crippen LogP contribution in [0.5, 0.6) is 0 Å². The first-order valence-electron chi connectivity index (χ1n) is 9.13. The fourth-order valence-electron chi connectivity index (χ4n) is 3.22. The van der Waals surface area contributed by atoms with E-state index in [1.54, 1.807) is 12.1 Å². The smallest absolute Gasteiger partial charge is 0.248 e. The molecule has 0 bridgehead atoms. The normalized spacial score (nSPS) is 12.5. The standard InChI is InChI=1S/C24H24NO2/c25-24(27)23-12-6-5-11-22(23)16-19(17-26)8-2-1-7-18-13-14-20-9-3-4-10-21(20)15-18/h1-6,8-15,19,26H,7,16-17H2,(H2,25,27)/b8-2+. The van der Waals surface area contributed by atoms with Crippen molar-refractivity contribution in [3.8, 4) is 0 Å². The molecule has 3 nitrogen and oxygen atoms in total. The first-order valence-corrected chi connectivity index (χ1v) is 9.13. The van der Waals surface area contributed by atoms with Gasteiger partial charge in [-0.3, -0.25) is 4.79 Å². The molecular formula is C24H24NO2. The fourth-order valence-corrected chi connectivity index (χ4v) is 3.22. The van der Waals surface area contributed by atoms with Crippen molar-refractivity contribution in [1.29, 1.82) is 0 Å². The number of rotatable bonds is 8. The molecule has 3 aromatic rings. The third-order valence-electron chi connectivity index (χ3n) is 4.69. The predicted molar refractivity (Wildman–Crippen MR) is 110 cm³/mol. The van der Waals surface area contributed by atoms with Crippen molar-refractivity contribution >= 4 is 16.7 Å². The summed E-state index contributed by atoms with van der Waals surface area (Å²) >= 11 is 0. The van der Waals surface area contributed by atoms with E-state index in [9.17, 15) is 9.90 Å². The number of carbonyl (C=O) groups is 1. The number of hydrogen-bond donors (Lipinski definition) is 2. The highest BCUT2D eigenvalue weighted by Crippen LogP contribution is 2.18. The second-order valence-corrected chi connectivity index (χ2v) is 6.67. The molecule has 0 heterocycles. The van der Waals surface area contributed by atoms with Crippen molar-refractivity contribution in [2.24, 2.45) is 11.7 Å². The molecule has 1 atom stereocenters. The van der Waals surface area contributed by atoms with Crippen molar-refractivity contribution in [1.82, 2.24) is 0 Å². The highest BCUT2D eigenvalue weighted by atomic mass is 16.3. The van der Waals surface area contributed by atoms with Gasteiger partial charge in [-0.05, 0) is 47.2 Å². The Kier molecular flexibility index (Phi) is 6.39. The van der Waals surface area contributed by atoms with Crippen LogP contribution in [-0.4, -0.2) is 17.6 Å². The topological polar surface area (TPSA) is 63.3 Å². The number of carbonyl (C=O) groups excluding carboxylic acids is 1. The molecule has 3 heteroatoms. The van der Waals surface area contributed by atoms with Gasteiger partial charge in [0.1, 0.15) is 0 Å². The maximum Gasteiger partial charge on any atom is 0.248 e. The van der Waals surface area contributed by atoms with Crippen LogP contribution in [0.25, 0.3) is 10.8 Å². The van der Waals surface area contributed by atoms with E-state index in [4.69, 9.17) is 5.73 Å². The maximum atomic E-state index is 11.5. The van der Waals surface area contributed by atoms with Crippen molar-refractivity contribution in [3.63, 3.8) is 0 Å². The summed E-state index contributed by atoms with van der Waals surface area (Å²) in [6.07, 6.45) is 7.47. The molecule has 3 aromatic carbocycles. The predicted octanol–water partition coefficient (Wildman–Crippen LogP) is 4.09. The van der Waals surface area contributed by atoms with Crippen molar-refractivity contribution < 1.29 is 9.90 Å². The molecule has 1 radical (unpaired) electrons. The van der Waals surface area contributed by atoms with Gasteiger partial charge in [0.05, 0.1) is 0 Å². The van der Waals surface area contributed by atoms with Gasteiger partial charge in [0.15, 0.2) is 0 Å². The monoisotopic (exact) mass is 358 g/mol. The number of primary amides is 1. The molecule has 0 aromatic heterocycles. The van der Waals surface area contributed by atoms with Crippen LogP contribution in [0.1, 0.15) is 21.5 Å². The van der Waals surface area contributed by atoms with Gasteiger partial charge >= 0.3 is 0 Å². The highest BCUT2D eigenvalue weighted by molar-refractivity contribution is 5.94. The Hall–Kier alpha value is -2.91. The SMILES string of the molecule is NC(=O)c1ccccc1CC(/C=C/[CH]Cc1ccc2ccccc2c1)CO. The molecule has 0 aliphatic carbocycles. The zero-order chi connectivity index (χ0) is 19.1. The van der Waals surface area contributed by atoms with Crippen LogP contribution in [0.4, 0.5) is 0 Å². The quantitative estimate of drug-likeness (QED) is 0.637. The first kappa shape index (κ1) is 18.9. The summed E-state index contributed by atoms with van der Waals surface area (Å²) in [5.74, 6) is -0.493. The Morgan fingerprint density at radius 2 is 1.74 bits per heavy atom. The van der Waals surface area contributed by atoms with E-state index >= 15 is 0 Å². The van der Waals surface area contributed by atoms with Gasteiger partial charge in [0.25, 0.3) is 0 Å². The Morgan fingerprint density at radius 3 is 2.52 bits per heavy atom. The largest absolute Gasteiger partial charge is 0.396 e. The van der Waals surface area contributed by atoms with Crippen LogP contribution in [0.3, 0.4) is 0 Å². The number of aliphatic hydroxyl groups is 1. The maximum absolute atomic E-state index is 11.5. The van der Waals surface area contributed by atoms with Gasteiger partial charge in [0, 0.05) is 18.1 Å². The Balaban J connectivity index is 1.59. The van der Waals surface area contributed by atoms with E-state index in [0.29, 0.717) is 12.0 Å². The molecule has 0 spiro atoms. The van der Waals surface area contributed by atoms with E-state index < -0.39 is 5.91 Å². The molecule has 0 saturated heterocycles. The number of hydrogen-bond acceptors (Lipinski definition) is 2. The van der Waals surface area contributed by atoms with Crippen LogP contribution < -0.4 is 5.73 Å². The molecule has 1 amide bonds. The van der Waals surface area contributed by atoms with Crippen molar-refractivity contribution in [2.75, 3.05) is 6.61 Å². The van der Waals surface area contributed by atoms with Gasteiger partial charge in [0.2, 0.25) is 5.91 Å². The third kappa shape index (κ3) is 5.05. The molecule has 137 valence electrons. The Morgan fingerprint density at radius 1 is 1.00 bits per heavy atom. The number of allylic oxidation sites excluding steroid dienone is 1. The molecule has 27 heavy (non-hydrogen) atoms. The fraction of sp³-hybridized carbons (Fsp3) is 0.167. The number of fused-ring (bicyclic) bond motifs is 1. The van der Waals surface area contributed by atoms with Crippen molar-refractivity contribution in [3.05, 3.63) is 102 Å². The average Bonchev–Trinajstić information content (AvgIpc) is 2.70. The molecule has 0 aliphatic rings. The highest BCUT2D eigenvalue weighted by Gasteiger charge is 2.11. The Labute approximate surface area is 160 Å². The first-order chi connectivity index (χ1) is 13.2. The summed E-state index contributed by atoms with van der Waals surface area (Å²) in [5.41, 5.74) is 8.06. The number of amides is 1. The van der Waals surface area contributed by atoms with Crippen LogP contribution in [0, 0.1) is 12.3 Å². The second-order valence-electron chi connectivity index (χ2n) is 6.67. The lowest BCUT2D eigenvalue weighted by molar-refractivity contribution is 0.0999. The molecule has 1 unspecified atom stereocenters. The number of aliphatic hydroxyl groups excluding tert-OH is 1. The molecular weight excluding hydrogens is 334 g/mol. The summed E-state index contributed by atoms with van der Waals surface area (Å²) in [6.45, 7) is 0.0212. The van der Waals surface area contributed by atoms with Gasteiger partial charge < -0.3 is 10.8 Å². The van der Waals surface area contributed by atoms with E-state index in [2.05, 4.69) is 36.8 Å². The van der Waals surface area contributed by atoms with Gasteiger partial charge in [-0.15, -0.1) is 0 Å². The summed E-state index contributed by atoms with van der Waals surface area (Å²) < 4.78 is 0. The van der Waals surface area contributed by atoms with E-state index in [-0.39, 0.29) is 12.5 Å². The van der Waals surface area contributed by atoms with E-state index in [1.165, 1.54) is 16.3 Å². The minimum atomic E-state index is -0.436. The third-order valence-corrected chi connectivity index (χ3v) is 4.69. The minimum Gasteiger partial charge on any atom is -0.396 e. The van der Waals surface area contributed by atoms with Gasteiger partial charge in [-0.25, -0.2) is 0 Å². The number of benzene rings is 3. The molecule has 0 fully saturated rings. The van der Waals surface area contributed by atoms with Crippen LogP contribution in [-0.2, 0) is 12.8 Å². The summed E-state index contributed by atoms with van der Waals surface area (Å²) in [5, 5.41) is 12.2. The van der Waals surface area contributed by atoms with Gasteiger partial charge in [-0.2, -0.15) is 0 Å². The Bertz CT molecular complexity index is 946. The summed E-state index contributed by atoms with van der Waals surface area (Å²) in [6, 6.07) is 22.1. The van der Waals surface area contributed by atoms with Crippen LogP contribution in [0.2, 0.25) is 0 Å². The number of nitrogens with two attached hydrogens (primary N) is 1. The van der Waals surface area contributed by atoms with Crippen molar-refractivity contribution in [2.45, 2.75) is 12.8 Å². The zero-order valence-corrected chi connectivity index (χ0v) is 15.2.